The van der Waals surface area contributed by atoms with Crippen molar-refractivity contribution in [2.75, 3.05) is 6.61 Å². The van der Waals surface area contributed by atoms with Crippen LogP contribution in [-0.2, 0) is 14.3 Å². The molecule has 0 amide bonds. The van der Waals surface area contributed by atoms with Gasteiger partial charge in [-0.2, -0.15) is 0 Å². The smallest absolute Gasteiger partial charge is 0.303 e. The standard InChI is InChI=1S/C15H15FO3/c1-11(17)19-14-8-7-13(18-10-14)9-15(16)12-5-3-2-4-6-12/h2-9,13-14H,10H2,1H3/b15-9+/t13?,14-/m0/s1. The van der Waals surface area contributed by atoms with Crippen LogP contribution < -0.4 is 0 Å². The van der Waals surface area contributed by atoms with Crippen LogP contribution in [0.15, 0.2) is 48.6 Å². The minimum atomic E-state index is -0.438. The van der Waals surface area contributed by atoms with Crippen molar-refractivity contribution < 1.29 is 18.7 Å². The zero-order valence-electron chi connectivity index (χ0n) is 10.6. The second-order valence-corrected chi connectivity index (χ2v) is 4.21. The Morgan fingerprint density at radius 1 is 1.37 bits per heavy atom. The Kier molecular flexibility index (Phi) is 4.47. The SMILES string of the molecule is CC(=O)O[C@H]1C=CC(/C=C(/F)c2ccccc2)OC1. The molecule has 0 spiro atoms. The highest BCUT2D eigenvalue weighted by Crippen LogP contribution is 2.19. The molecule has 0 saturated heterocycles. The largest absolute Gasteiger partial charge is 0.456 e. The van der Waals surface area contributed by atoms with Crippen molar-refractivity contribution in [3.63, 3.8) is 0 Å². The second-order valence-electron chi connectivity index (χ2n) is 4.21. The van der Waals surface area contributed by atoms with Gasteiger partial charge in [-0.25, -0.2) is 4.39 Å². The Labute approximate surface area is 111 Å². The van der Waals surface area contributed by atoms with Crippen LogP contribution in [0.3, 0.4) is 0 Å². The number of hydrogen-bond acceptors (Lipinski definition) is 3. The van der Waals surface area contributed by atoms with E-state index in [1.807, 2.05) is 6.07 Å². The summed E-state index contributed by atoms with van der Waals surface area (Å²) >= 11 is 0. The first-order chi connectivity index (χ1) is 9.15. The monoisotopic (exact) mass is 262 g/mol. The quantitative estimate of drug-likeness (QED) is 0.620. The lowest BCUT2D eigenvalue weighted by molar-refractivity contribution is -0.147. The maximum absolute atomic E-state index is 13.9. The van der Waals surface area contributed by atoms with E-state index in [1.54, 1.807) is 36.4 Å². The zero-order chi connectivity index (χ0) is 13.7. The van der Waals surface area contributed by atoms with Crippen LogP contribution in [0, 0.1) is 0 Å². The van der Waals surface area contributed by atoms with Gasteiger partial charge in [-0.3, -0.25) is 4.79 Å². The topological polar surface area (TPSA) is 35.5 Å². The summed E-state index contributed by atoms with van der Waals surface area (Å²) in [6, 6.07) is 8.77. The number of ether oxygens (including phenoxy) is 2. The normalized spacial score (nSPS) is 23.2. The molecule has 1 aliphatic heterocycles. The van der Waals surface area contributed by atoms with Crippen LogP contribution in [-0.4, -0.2) is 24.8 Å². The number of halogens is 1. The molecule has 4 heteroatoms. The number of carbonyl (C=O) groups excluding carboxylic acids is 1. The van der Waals surface area contributed by atoms with Gasteiger partial charge < -0.3 is 9.47 Å². The third kappa shape index (κ3) is 4.03. The molecule has 0 aliphatic carbocycles. The van der Waals surface area contributed by atoms with Gasteiger partial charge in [0.25, 0.3) is 0 Å². The van der Waals surface area contributed by atoms with Gasteiger partial charge in [0.2, 0.25) is 0 Å². The predicted octanol–water partition coefficient (Wildman–Crippen LogP) is 2.88. The molecule has 0 bridgehead atoms. The van der Waals surface area contributed by atoms with Gasteiger partial charge in [0.1, 0.15) is 11.9 Å². The molecule has 1 unspecified atom stereocenters. The lowest BCUT2D eigenvalue weighted by Gasteiger charge is -2.21. The van der Waals surface area contributed by atoms with Crippen LogP contribution >= 0.6 is 0 Å². The van der Waals surface area contributed by atoms with Crippen molar-refractivity contribution in [1.29, 1.82) is 0 Å². The highest BCUT2D eigenvalue weighted by atomic mass is 19.1. The van der Waals surface area contributed by atoms with E-state index in [4.69, 9.17) is 9.47 Å². The first-order valence-corrected chi connectivity index (χ1v) is 6.05. The van der Waals surface area contributed by atoms with Crippen molar-refractivity contribution in [3.8, 4) is 0 Å². The minimum absolute atomic E-state index is 0.235. The van der Waals surface area contributed by atoms with Gasteiger partial charge in [0.15, 0.2) is 0 Å². The molecule has 0 fully saturated rings. The van der Waals surface area contributed by atoms with Gasteiger partial charge in [0.05, 0.1) is 12.7 Å². The first kappa shape index (κ1) is 13.5. The molecule has 1 aromatic carbocycles. The summed E-state index contributed by atoms with van der Waals surface area (Å²) < 4.78 is 24.3. The van der Waals surface area contributed by atoms with E-state index in [2.05, 4.69) is 0 Å². The molecule has 1 aromatic rings. The number of rotatable bonds is 3. The molecule has 3 nitrogen and oxygen atoms in total. The lowest BCUT2D eigenvalue weighted by atomic mass is 10.1. The number of carbonyl (C=O) groups is 1. The van der Waals surface area contributed by atoms with E-state index in [-0.39, 0.29) is 24.5 Å². The van der Waals surface area contributed by atoms with Gasteiger partial charge in [0, 0.05) is 12.5 Å². The van der Waals surface area contributed by atoms with Crippen LogP contribution in [0.1, 0.15) is 12.5 Å². The Morgan fingerprint density at radius 3 is 2.68 bits per heavy atom. The molecule has 2 atom stereocenters. The van der Waals surface area contributed by atoms with E-state index < -0.39 is 6.10 Å². The van der Waals surface area contributed by atoms with Crippen molar-refractivity contribution in [3.05, 3.63) is 54.1 Å². The minimum Gasteiger partial charge on any atom is -0.456 e. The fraction of sp³-hybridized carbons (Fsp3) is 0.267. The molecule has 0 radical (unpaired) electrons. The third-order valence-electron chi connectivity index (χ3n) is 2.65. The van der Waals surface area contributed by atoms with Crippen molar-refractivity contribution >= 4 is 11.8 Å². The zero-order valence-corrected chi connectivity index (χ0v) is 10.6. The van der Waals surface area contributed by atoms with Crippen LogP contribution in [0.25, 0.3) is 5.83 Å². The summed E-state index contributed by atoms with van der Waals surface area (Å²) in [4.78, 5) is 10.8. The number of benzene rings is 1. The summed E-state index contributed by atoms with van der Waals surface area (Å²) in [5.41, 5.74) is 0.515. The first-order valence-electron chi connectivity index (χ1n) is 6.05. The summed E-state index contributed by atoms with van der Waals surface area (Å²) in [6.45, 7) is 1.58. The number of hydrogen-bond donors (Lipinski definition) is 0. The molecule has 0 aromatic heterocycles. The summed E-state index contributed by atoms with van der Waals surface area (Å²) in [6.07, 6.45) is 3.97. The van der Waals surface area contributed by atoms with E-state index in [9.17, 15) is 9.18 Å². The third-order valence-corrected chi connectivity index (χ3v) is 2.65. The fourth-order valence-electron chi connectivity index (χ4n) is 1.78. The molecular formula is C15H15FO3. The van der Waals surface area contributed by atoms with E-state index in [0.717, 1.165) is 0 Å². The van der Waals surface area contributed by atoms with Crippen molar-refractivity contribution in [1.82, 2.24) is 0 Å². The Balaban J connectivity index is 2.00. The van der Waals surface area contributed by atoms with E-state index in [0.29, 0.717) is 5.56 Å². The van der Waals surface area contributed by atoms with Crippen molar-refractivity contribution in [2.45, 2.75) is 19.1 Å². The lowest BCUT2D eigenvalue weighted by Crippen LogP contribution is -2.27. The highest BCUT2D eigenvalue weighted by molar-refractivity contribution is 5.66. The Morgan fingerprint density at radius 2 is 2.11 bits per heavy atom. The molecule has 0 N–H and O–H groups in total. The maximum Gasteiger partial charge on any atom is 0.303 e. The second kappa shape index (κ2) is 6.29. The summed E-state index contributed by atoms with van der Waals surface area (Å²) in [5.74, 6) is -0.691. The maximum atomic E-state index is 13.9. The molecule has 2 rings (SSSR count). The Hall–Kier alpha value is -1.94. The van der Waals surface area contributed by atoms with E-state index in [1.165, 1.54) is 13.0 Å². The highest BCUT2D eigenvalue weighted by Gasteiger charge is 2.17. The average Bonchev–Trinajstić information content (AvgIpc) is 2.41. The molecule has 1 aliphatic rings. The Bertz CT molecular complexity index is 493. The van der Waals surface area contributed by atoms with Gasteiger partial charge in [-0.1, -0.05) is 36.4 Å². The molecule has 19 heavy (non-hydrogen) atoms. The number of esters is 1. The average molecular weight is 262 g/mol. The van der Waals surface area contributed by atoms with Crippen LogP contribution in [0.4, 0.5) is 4.39 Å². The van der Waals surface area contributed by atoms with Gasteiger partial charge in [-0.15, -0.1) is 0 Å². The van der Waals surface area contributed by atoms with Gasteiger partial charge >= 0.3 is 5.97 Å². The van der Waals surface area contributed by atoms with Gasteiger partial charge in [-0.05, 0) is 12.2 Å². The summed E-state index contributed by atoms with van der Waals surface area (Å²) in [7, 11) is 0. The molecule has 1 heterocycles. The molecule has 100 valence electrons. The van der Waals surface area contributed by atoms with Crippen molar-refractivity contribution in [2.24, 2.45) is 0 Å². The fourth-order valence-corrected chi connectivity index (χ4v) is 1.78. The molecule has 0 saturated carbocycles. The van der Waals surface area contributed by atoms with E-state index >= 15 is 0 Å². The van der Waals surface area contributed by atoms with Crippen LogP contribution in [0.2, 0.25) is 0 Å². The predicted molar refractivity (Wildman–Crippen MR) is 70.0 cm³/mol. The summed E-state index contributed by atoms with van der Waals surface area (Å²) in [5, 5.41) is 0. The molecular weight excluding hydrogens is 247 g/mol. The van der Waals surface area contributed by atoms with Crippen LogP contribution in [0.5, 0.6) is 0 Å².